The van der Waals surface area contributed by atoms with E-state index in [1.54, 1.807) is 14.2 Å². The third-order valence-electron chi connectivity index (χ3n) is 7.22. The number of ether oxygens (including phenoxy) is 5. The summed E-state index contributed by atoms with van der Waals surface area (Å²) in [4.78, 5) is 16.1. The molecule has 4 aromatic rings. The maximum atomic E-state index is 14.3. The lowest BCUT2D eigenvalue weighted by molar-refractivity contribution is -0.0945. The molecule has 1 saturated heterocycles. The van der Waals surface area contributed by atoms with Crippen LogP contribution in [0.5, 0.6) is 17.4 Å². The van der Waals surface area contributed by atoms with Crippen LogP contribution in [0.15, 0.2) is 89.9 Å². The SMILES string of the molecule is COc1ccc(C(OC[C@H]2O[C@@H](n3cc(F)c(OC)nc3=O)C[C@@H]2O)(c2ccccc2)c2ccc(OC)cc2)cc1. The lowest BCUT2D eigenvalue weighted by atomic mass is 9.80. The Morgan fingerprint density at radius 3 is 2.00 bits per heavy atom. The number of halogens is 1. The summed E-state index contributed by atoms with van der Waals surface area (Å²) >= 11 is 0. The zero-order valence-corrected chi connectivity index (χ0v) is 22.9. The van der Waals surface area contributed by atoms with E-state index in [0.717, 1.165) is 27.5 Å². The van der Waals surface area contributed by atoms with Crippen molar-refractivity contribution in [3.63, 3.8) is 0 Å². The van der Waals surface area contributed by atoms with E-state index >= 15 is 0 Å². The summed E-state index contributed by atoms with van der Waals surface area (Å²) in [6.07, 6.45) is -1.73. The highest BCUT2D eigenvalue weighted by atomic mass is 19.1. The molecule has 214 valence electrons. The summed E-state index contributed by atoms with van der Waals surface area (Å²) in [7, 11) is 4.43. The topological polar surface area (TPSA) is 101 Å². The fourth-order valence-electron chi connectivity index (χ4n) is 5.10. The molecule has 2 heterocycles. The van der Waals surface area contributed by atoms with Crippen LogP contribution < -0.4 is 19.9 Å². The maximum absolute atomic E-state index is 14.3. The van der Waals surface area contributed by atoms with Crippen LogP contribution in [-0.2, 0) is 15.1 Å². The van der Waals surface area contributed by atoms with Gasteiger partial charge in [0.25, 0.3) is 5.88 Å². The molecule has 1 fully saturated rings. The first-order valence-electron chi connectivity index (χ1n) is 13.0. The molecule has 1 aromatic heterocycles. The van der Waals surface area contributed by atoms with Gasteiger partial charge in [0.1, 0.15) is 29.4 Å². The number of aliphatic hydroxyl groups excluding tert-OH is 1. The van der Waals surface area contributed by atoms with Crippen molar-refractivity contribution in [1.29, 1.82) is 0 Å². The summed E-state index contributed by atoms with van der Waals surface area (Å²) in [6.45, 7) is -0.0502. The molecular formula is C31H31FN2O7. The Morgan fingerprint density at radius 2 is 1.46 bits per heavy atom. The van der Waals surface area contributed by atoms with Crippen molar-refractivity contribution in [3.8, 4) is 17.4 Å². The Hall–Kier alpha value is -4.25. The van der Waals surface area contributed by atoms with Crippen LogP contribution in [0.2, 0.25) is 0 Å². The smallest absolute Gasteiger partial charge is 0.353 e. The van der Waals surface area contributed by atoms with Gasteiger partial charge in [-0.1, -0.05) is 54.6 Å². The highest BCUT2D eigenvalue weighted by Crippen LogP contribution is 2.42. The first-order valence-corrected chi connectivity index (χ1v) is 13.0. The van der Waals surface area contributed by atoms with Gasteiger partial charge in [-0.05, 0) is 41.0 Å². The van der Waals surface area contributed by atoms with Crippen LogP contribution in [-0.4, -0.2) is 54.8 Å². The predicted octanol–water partition coefficient (Wildman–Crippen LogP) is 4.07. The molecule has 41 heavy (non-hydrogen) atoms. The molecule has 3 atom stereocenters. The molecule has 9 nitrogen and oxygen atoms in total. The van der Waals surface area contributed by atoms with E-state index in [9.17, 15) is 14.3 Å². The highest BCUT2D eigenvalue weighted by Gasteiger charge is 2.42. The van der Waals surface area contributed by atoms with Gasteiger partial charge in [0.15, 0.2) is 0 Å². The lowest BCUT2D eigenvalue weighted by Crippen LogP contribution is -2.38. The van der Waals surface area contributed by atoms with Gasteiger partial charge in [-0.3, -0.25) is 4.57 Å². The third-order valence-corrected chi connectivity index (χ3v) is 7.22. The molecule has 10 heteroatoms. The molecule has 1 aliphatic rings. The van der Waals surface area contributed by atoms with Crippen molar-refractivity contribution in [1.82, 2.24) is 9.55 Å². The first kappa shape index (κ1) is 28.3. The van der Waals surface area contributed by atoms with Crippen molar-refractivity contribution >= 4 is 0 Å². The van der Waals surface area contributed by atoms with Crippen LogP contribution in [0.25, 0.3) is 0 Å². The Kier molecular flexibility index (Phi) is 8.34. The zero-order valence-electron chi connectivity index (χ0n) is 22.9. The molecule has 1 N–H and O–H groups in total. The molecule has 0 saturated carbocycles. The molecular weight excluding hydrogens is 531 g/mol. The maximum Gasteiger partial charge on any atom is 0.353 e. The van der Waals surface area contributed by atoms with Crippen molar-refractivity contribution in [2.75, 3.05) is 27.9 Å². The number of aromatic nitrogens is 2. The van der Waals surface area contributed by atoms with E-state index in [4.69, 9.17) is 23.7 Å². The van der Waals surface area contributed by atoms with E-state index in [0.29, 0.717) is 11.5 Å². The largest absolute Gasteiger partial charge is 0.497 e. The summed E-state index contributed by atoms with van der Waals surface area (Å²) in [6, 6.07) is 24.8. The van der Waals surface area contributed by atoms with Crippen LogP contribution in [0.3, 0.4) is 0 Å². The normalized spacial score (nSPS) is 18.7. The predicted molar refractivity (Wildman–Crippen MR) is 148 cm³/mol. The summed E-state index contributed by atoms with van der Waals surface area (Å²) in [5.41, 5.74) is 0.604. The molecule has 0 amide bonds. The average molecular weight is 563 g/mol. The molecule has 0 bridgehead atoms. The standard InChI is InChI=1S/C31H31FN2O7/c1-37-23-13-9-21(10-14-23)31(20-7-5-4-6-8-20,22-11-15-24(38-2)16-12-22)40-19-27-26(35)17-28(41-27)34-18-25(32)29(39-3)33-30(34)36/h4-16,18,26-28,35H,17,19H2,1-3H3/t26-,27+,28+/m0/s1. The quantitative estimate of drug-likeness (QED) is 0.289. The van der Waals surface area contributed by atoms with Gasteiger partial charge in [0.05, 0.1) is 40.2 Å². The van der Waals surface area contributed by atoms with Crippen molar-refractivity contribution in [2.45, 2.75) is 30.5 Å². The zero-order chi connectivity index (χ0) is 29.0. The van der Waals surface area contributed by atoms with Crippen LogP contribution in [0.1, 0.15) is 29.3 Å². The van der Waals surface area contributed by atoms with Crippen LogP contribution in [0.4, 0.5) is 4.39 Å². The number of aliphatic hydroxyl groups is 1. The van der Waals surface area contributed by atoms with E-state index in [2.05, 4.69) is 4.98 Å². The number of rotatable bonds is 10. The van der Waals surface area contributed by atoms with Gasteiger partial charge >= 0.3 is 5.69 Å². The van der Waals surface area contributed by atoms with Crippen molar-refractivity contribution in [2.24, 2.45) is 0 Å². The number of nitrogens with zero attached hydrogens (tertiary/aromatic N) is 2. The molecule has 0 spiro atoms. The summed E-state index contributed by atoms with van der Waals surface area (Å²) < 4.78 is 43.8. The number of hydrogen-bond acceptors (Lipinski definition) is 8. The highest BCUT2D eigenvalue weighted by molar-refractivity contribution is 5.49. The number of benzene rings is 3. The Balaban J connectivity index is 1.52. The van der Waals surface area contributed by atoms with Crippen molar-refractivity contribution < 1.29 is 33.2 Å². The Labute approximate surface area is 236 Å². The minimum Gasteiger partial charge on any atom is -0.497 e. The van der Waals surface area contributed by atoms with Gasteiger partial charge < -0.3 is 28.8 Å². The van der Waals surface area contributed by atoms with E-state index in [-0.39, 0.29) is 13.0 Å². The van der Waals surface area contributed by atoms with E-state index in [1.165, 1.54) is 7.11 Å². The molecule has 1 aliphatic heterocycles. The lowest BCUT2D eigenvalue weighted by Gasteiger charge is -2.37. The van der Waals surface area contributed by atoms with E-state index in [1.807, 2.05) is 78.9 Å². The second-order valence-corrected chi connectivity index (χ2v) is 9.54. The first-order chi connectivity index (χ1) is 19.9. The van der Waals surface area contributed by atoms with Crippen LogP contribution in [0, 0.1) is 5.82 Å². The summed E-state index contributed by atoms with van der Waals surface area (Å²) in [5.74, 6) is 0.158. The van der Waals surface area contributed by atoms with Crippen molar-refractivity contribution in [3.05, 3.63) is 118 Å². The van der Waals surface area contributed by atoms with Gasteiger partial charge in [0.2, 0.25) is 5.82 Å². The molecule has 0 unspecified atom stereocenters. The fraction of sp³-hybridized carbons (Fsp3) is 0.290. The molecule has 0 aliphatic carbocycles. The van der Waals surface area contributed by atoms with Crippen LogP contribution >= 0.6 is 0 Å². The van der Waals surface area contributed by atoms with E-state index < -0.39 is 41.4 Å². The average Bonchev–Trinajstić information content (AvgIpc) is 3.39. The molecule has 0 radical (unpaired) electrons. The fourth-order valence-corrected chi connectivity index (χ4v) is 5.10. The summed E-state index contributed by atoms with van der Waals surface area (Å²) in [5, 5.41) is 10.9. The number of methoxy groups -OCH3 is 3. The third kappa shape index (κ3) is 5.54. The number of hydrogen-bond donors (Lipinski definition) is 1. The second kappa shape index (κ2) is 12.1. The Bertz CT molecular complexity index is 1460. The minimum atomic E-state index is -1.12. The molecule has 3 aromatic carbocycles. The Morgan fingerprint density at radius 1 is 0.902 bits per heavy atom. The molecule has 5 rings (SSSR count). The monoisotopic (exact) mass is 562 g/mol. The van der Waals surface area contributed by atoms with Gasteiger partial charge in [0, 0.05) is 6.42 Å². The van der Waals surface area contributed by atoms with Gasteiger partial charge in [-0.15, -0.1) is 0 Å². The minimum absolute atomic E-state index is 0.0464. The van der Waals surface area contributed by atoms with Gasteiger partial charge in [-0.2, -0.15) is 9.37 Å². The second-order valence-electron chi connectivity index (χ2n) is 9.54. The van der Waals surface area contributed by atoms with Gasteiger partial charge in [-0.25, -0.2) is 4.79 Å².